The van der Waals surface area contributed by atoms with Gasteiger partial charge in [0.25, 0.3) is 10.0 Å². The van der Waals surface area contributed by atoms with Crippen LogP contribution in [0.4, 0.5) is 0 Å². The SMILES string of the molecule is CN(C)C[C@@H]1CN(S(=O)(=O)c2cccs2)Cc2nccn2C1. The molecule has 0 unspecified atom stereocenters. The number of thiophene rings is 1. The molecule has 2 aromatic heterocycles. The average molecular weight is 340 g/mol. The molecule has 1 aliphatic rings. The van der Waals surface area contributed by atoms with Crippen molar-refractivity contribution in [2.75, 3.05) is 27.2 Å². The lowest BCUT2D eigenvalue weighted by atomic mass is 10.1. The number of aromatic nitrogens is 2. The van der Waals surface area contributed by atoms with Crippen LogP contribution in [0.5, 0.6) is 0 Å². The quantitative estimate of drug-likeness (QED) is 0.842. The van der Waals surface area contributed by atoms with E-state index in [1.54, 1.807) is 28.0 Å². The fourth-order valence-corrected chi connectivity index (χ4v) is 5.47. The van der Waals surface area contributed by atoms with Crippen molar-refractivity contribution in [3.63, 3.8) is 0 Å². The van der Waals surface area contributed by atoms with Crippen molar-refractivity contribution in [2.45, 2.75) is 17.3 Å². The number of imidazole rings is 1. The lowest BCUT2D eigenvalue weighted by Gasteiger charge is -2.24. The first-order valence-corrected chi connectivity index (χ1v) is 9.47. The van der Waals surface area contributed by atoms with E-state index in [9.17, 15) is 8.42 Å². The van der Waals surface area contributed by atoms with Crippen molar-refractivity contribution in [2.24, 2.45) is 5.92 Å². The van der Waals surface area contributed by atoms with Crippen LogP contribution in [-0.4, -0.2) is 54.4 Å². The van der Waals surface area contributed by atoms with Gasteiger partial charge in [-0.2, -0.15) is 4.31 Å². The highest BCUT2D eigenvalue weighted by Crippen LogP contribution is 2.26. The molecule has 1 atom stereocenters. The molecule has 0 aromatic carbocycles. The Morgan fingerprint density at radius 3 is 2.91 bits per heavy atom. The summed E-state index contributed by atoms with van der Waals surface area (Å²) < 4.78 is 29.7. The summed E-state index contributed by atoms with van der Waals surface area (Å²) in [6.07, 6.45) is 3.67. The summed E-state index contributed by atoms with van der Waals surface area (Å²) in [5.41, 5.74) is 0. The summed E-state index contributed by atoms with van der Waals surface area (Å²) in [5.74, 6) is 1.04. The third-order valence-corrected chi connectivity index (χ3v) is 6.93. The highest BCUT2D eigenvalue weighted by molar-refractivity contribution is 7.91. The molecule has 3 rings (SSSR count). The molecule has 0 aliphatic carbocycles. The zero-order valence-corrected chi connectivity index (χ0v) is 14.3. The summed E-state index contributed by atoms with van der Waals surface area (Å²) in [6, 6.07) is 3.44. The monoisotopic (exact) mass is 340 g/mol. The van der Waals surface area contributed by atoms with Gasteiger partial charge in [0.1, 0.15) is 10.0 Å². The number of hydrogen-bond donors (Lipinski definition) is 0. The van der Waals surface area contributed by atoms with Gasteiger partial charge in [0, 0.05) is 37.9 Å². The molecule has 1 aliphatic heterocycles. The maximum Gasteiger partial charge on any atom is 0.252 e. The molecule has 0 bridgehead atoms. The Kier molecular flexibility index (Phi) is 4.35. The van der Waals surface area contributed by atoms with Gasteiger partial charge < -0.3 is 9.47 Å². The van der Waals surface area contributed by atoms with Gasteiger partial charge in [0.15, 0.2) is 0 Å². The normalized spacial score (nSPS) is 20.0. The molecule has 0 radical (unpaired) electrons. The third kappa shape index (κ3) is 3.10. The molecule has 6 nitrogen and oxygen atoms in total. The zero-order valence-electron chi connectivity index (χ0n) is 12.7. The van der Waals surface area contributed by atoms with E-state index >= 15 is 0 Å². The van der Waals surface area contributed by atoms with Gasteiger partial charge in [-0.15, -0.1) is 11.3 Å². The highest BCUT2D eigenvalue weighted by Gasteiger charge is 2.32. The second kappa shape index (κ2) is 6.11. The van der Waals surface area contributed by atoms with Gasteiger partial charge in [-0.25, -0.2) is 13.4 Å². The van der Waals surface area contributed by atoms with Crippen LogP contribution in [0.25, 0.3) is 0 Å². The smallest absolute Gasteiger partial charge is 0.252 e. The van der Waals surface area contributed by atoms with Gasteiger partial charge in [0.05, 0.1) is 6.54 Å². The highest BCUT2D eigenvalue weighted by atomic mass is 32.2. The molecule has 0 saturated heterocycles. The van der Waals surface area contributed by atoms with E-state index < -0.39 is 10.0 Å². The predicted molar refractivity (Wildman–Crippen MR) is 86.2 cm³/mol. The van der Waals surface area contributed by atoms with Gasteiger partial charge in [-0.3, -0.25) is 0 Å². The second-order valence-electron chi connectivity index (χ2n) is 5.85. The Hall–Kier alpha value is -1.22. The summed E-state index contributed by atoms with van der Waals surface area (Å²) >= 11 is 1.26. The fourth-order valence-electron chi connectivity index (χ4n) is 2.86. The Labute approximate surface area is 135 Å². The summed E-state index contributed by atoms with van der Waals surface area (Å²) in [7, 11) is 0.572. The Morgan fingerprint density at radius 2 is 2.23 bits per heavy atom. The first kappa shape index (κ1) is 15.7. The molecule has 22 heavy (non-hydrogen) atoms. The van der Waals surface area contributed by atoms with E-state index in [1.165, 1.54) is 11.3 Å². The van der Waals surface area contributed by atoms with E-state index in [4.69, 9.17) is 0 Å². The predicted octanol–water partition coefficient (Wildman–Crippen LogP) is 1.33. The van der Waals surface area contributed by atoms with E-state index in [2.05, 4.69) is 14.5 Å². The van der Waals surface area contributed by atoms with E-state index in [0.29, 0.717) is 17.3 Å². The average Bonchev–Trinajstić information content (AvgIpc) is 3.07. The van der Waals surface area contributed by atoms with Gasteiger partial charge in [-0.05, 0) is 25.5 Å². The van der Waals surface area contributed by atoms with Crippen molar-refractivity contribution in [1.29, 1.82) is 0 Å². The van der Waals surface area contributed by atoms with Crippen molar-refractivity contribution in [3.8, 4) is 0 Å². The molecular formula is C14H20N4O2S2. The van der Waals surface area contributed by atoms with Crippen LogP contribution in [0.3, 0.4) is 0 Å². The standard InChI is InChI=1S/C14H20N4O2S2/c1-16(2)8-12-9-17-6-5-15-13(17)11-18(10-12)22(19,20)14-4-3-7-21-14/h3-7,12H,8-11H2,1-2H3/t12-/m0/s1. The van der Waals surface area contributed by atoms with Crippen LogP contribution in [0, 0.1) is 5.92 Å². The van der Waals surface area contributed by atoms with Crippen molar-refractivity contribution < 1.29 is 8.42 Å². The zero-order chi connectivity index (χ0) is 15.7. The van der Waals surface area contributed by atoms with Crippen LogP contribution in [0.15, 0.2) is 34.1 Å². The van der Waals surface area contributed by atoms with Gasteiger partial charge in [0.2, 0.25) is 0 Å². The lowest BCUT2D eigenvalue weighted by molar-refractivity contribution is 0.265. The maximum absolute atomic E-state index is 12.8. The number of rotatable bonds is 4. The first-order valence-electron chi connectivity index (χ1n) is 7.15. The minimum atomic E-state index is -3.45. The minimum Gasteiger partial charge on any atom is -0.333 e. The Bertz CT molecular complexity index is 722. The van der Waals surface area contributed by atoms with Gasteiger partial charge >= 0.3 is 0 Å². The molecule has 0 amide bonds. The number of hydrogen-bond acceptors (Lipinski definition) is 5. The van der Waals surface area contributed by atoms with Crippen LogP contribution >= 0.6 is 11.3 Å². The summed E-state index contributed by atoms with van der Waals surface area (Å²) in [6.45, 7) is 2.48. The van der Waals surface area contributed by atoms with E-state index in [-0.39, 0.29) is 5.92 Å². The lowest BCUT2D eigenvalue weighted by Crippen LogP contribution is -2.37. The third-order valence-electron chi connectivity index (χ3n) is 3.75. The Morgan fingerprint density at radius 1 is 1.41 bits per heavy atom. The van der Waals surface area contributed by atoms with Crippen LogP contribution < -0.4 is 0 Å². The van der Waals surface area contributed by atoms with E-state index in [0.717, 1.165) is 18.9 Å². The molecule has 120 valence electrons. The first-order chi connectivity index (χ1) is 10.5. The molecule has 2 aromatic rings. The molecule has 0 fully saturated rings. The number of sulfonamides is 1. The number of nitrogens with zero attached hydrogens (tertiary/aromatic N) is 4. The molecule has 0 saturated carbocycles. The Balaban J connectivity index is 1.93. The van der Waals surface area contributed by atoms with Gasteiger partial charge in [-0.1, -0.05) is 6.07 Å². The molecule has 0 N–H and O–H groups in total. The second-order valence-corrected chi connectivity index (χ2v) is 8.97. The van der Waals surface area contributed by atoms with Crippen LogP contribution in [0.1, 0.15) is 5.82 Å². The van der Waals surface area contributed by atoms with Crippen LogP contribution in [0.2, 0.25) is 0 Å². The molecule has 3 heterocycles. The molecular weight excluding hydrogens is 320 g/mol. The largest absolute Gasteiger partial charge is 0.333 e. The van der Waals surface area contributed by atoms with Crippen molar-refractivity contribution >= 4 is 21.4 Å². The molecule has 8 heteroatoms. The maximum atomic E-state index is 12.8. The van der Waals surface area contributed by atoms with Crippen LogP contribution in [-0.2, 0) is 23.1 Å². The van der Waals surface area contributed by atoms with Crippen molar-refractivity contribution in [1.82, 2.24) is 18.8 Å². The van der Waals surface area contributed by atoms with E-state index in [1.807, 2.05) is 20.3 Å². The summed E-state index contributed by atoms with van der Waals surface area (Å²) in [5, 5.41) is 1.79. The summed E-state index contributed by atoms with van der Waals surface area (Å²) in [4.78, 5) is 6.42. The topological polar surface area (TPSA) is 58.4 Å². The molecule has 0 spiro atoms. The van der Waals surface area contributed by atoms with Crippen molar-refractivity contribution in [3.05, 3.63) is 35.7 Å². The number of fused-ring (bicyclic) bond motifs is 1. The minimum absolute atomic E-state index is 0.236. The fraction of sp³-hybridized carbons (Fsp3) is 0.500.